The van der Waals surface area contributed by atoms with Crippen LogP contribution < -0.4 is 5.73 Å². The van der Waals surface area contributed by atoms with E-state index < -0.39 is 11.8 Å². The van der Waals surface area contributed by atoms with Gasteiger partial charge in [-0.15, -0.1) is 5.10 Å². The summed E-state index contributed by atoms with van der Waals surface area (Å²) in [5.74, 6) is -1.08. The third-order valence-electron chi connectivity index (χ3n) is 2.29. The molecule has 7 heteroatoms. The predicted molar refractivity (Wildman–Crippen MR) is 66.3 cm³/mol. The highest BCUT2D eigenvalue weighted by atomic mass is 19.1. The molecule has 0 fully saturated rings. The second-order valence-electron chi connectivity index (χ2n) is 4.17. The Labute approximate surface area is 109 Å². The molecule has 0 amide bonds. The van der Waals surface area contributed by atoms with Gasteiger partial charge in [0.05, 0.1) is 11.8 Å². The van der Waals surface area contributed by atoms with Crippen molar-refractivity contribution < 1.29 is 13.9 Å². The van der Waals surface area contributed by atoms with Gasteiger partial charge in [-0.05, 0) is 32.0 Å². The number of hydrogen-bond acceptors (Lipinski definition) is 5. The summed E-state index contributed by atoms with van der Waals surface area (Å²) in [6.07, 6.45) is -0.286. The second kappa shape index (κ2) is 5.05. The van der Waals surface area contributed by atoms with Gasteiger partial charge >= 0.3 is 5.97 Å². The molecule has 1 heterocycles. The van der Waals surface area contributed by atoms with Crippen LogP contribution in [0.15, 0.2) is 24.3 Å². The van der Waals surface area contributed by atoms with Crippen LogP contribution in [0.25, 0.3) is 5.69 Å². The van der Waals surface area contributed by atoms with Crippen LogP contribution in [0.2, 0.25) is 0 Å². The van der Waals surface area contributed by atoms with Gasteiger partial charge in [-0.2, -0.15) is 4.68 Å². The molecule has 0 spiro atoms. The van der Waals surface area contributed by atoms with Gasteiger partial charge in [0.25, 0.3) is 0 Å². The quantitative estimate of drug-likeness (QED) is 0.850. The van der Waals surface area contributed by atoms with Gasteiger partial charge in [0.15, 0.2) is 5.82 Å². The number of halogens is 1. The zero-order valence-corrected chi connectivity index (χ0v) is 10.5. The Morgan fingerprint density at radius 2 is 2.21 bits per heavy atom. The maximum Gasteiger partial charge on any atom is 0.363 e. The smallest absolute Gasteiger partial charge is 0.363 e. The number of aromatic nitrogens is 3. The molecule has 0 atom stereocenters. The number of carbonyl (C=O) groups is 1. The minimum atomic E-state index is -0.657. The molecule has 0 bridgehead atoms. The van der Waals surface area contributed by atoms with E-state index in [1.807, 2.05) is 0 Å². The van der Waals surface area contributed by atoms with Crippen LogP contribution in [0.3, 0.4) is 0 Å². The van der Waals surface area contributed by atoms with E-state index in [0.29, 0.717) is 5.69 Å². The lowest BCUT2D eigenvalue weighted by Crippen LogP contribution is -2.14. The van der Waals surface area contributed by atoms with Crippen molar-refractivity contribution in [1.29, 1.82) is 0 Å². The molecule has 2 N–H and O–H groups in total. The fourth-order valence-corrected chi connectivity index (χ4v) is 1.50. The van der Waals surface area contributed by atoms with Crippen molar-refractivity contribution in [2.24, 2.45) is 0 Å². The molecular weight excluding hydrogens is 251 g/mol. The number of ether oxygens (including phenoxy) is 1. The zero-order chi connectivity index (χ0) is 14.0. The monoisotopic (exact) mass is 264 g/mol. The molecule has 1 aromatic carbocycles. The highest BCUT2D eigenvalue weighted by molar-refractivity contribution is 5.92. The summed E-state index contributed by atoms with van der Waals surface area (Å²) in [5, 5.41) is 7.40. The lowest BCUT2D eigenvalue weighted by atomic mass is 10.3. The van der Waals surface area contributed by atoms with E-state index in [4.69, 9.17) is 10.5 Å². The molecule has 0 unspecified atom stereocenters. The maximum atomic E-state index is 13.1. The Kier molecular flexibility index (Phi) is 3.46. The van der Waals surface area contributed by atoms with Gasteiger partial charge < -0.3 is 10.5 Å². The number of anilines is 1. The summed E-state index contributed by atoms with van der Waals surface area (Å²) in [6, 6.07) is 5.65. The Bertz CT molecular complexity index is 610. The molecule has 2 aromatic rings. The number of hydrogen-bond donors (Lipinski definition) is 1. The number of carbonyl (C=O) groups excluding carboxylic acids is 1. The van der Waals surface area contributed by atoms with Crippen LogP contribution in [0.5, 0.6) is 0 Å². The van der Waals surface area contributed by atoms with Crippen molar-refractivity contribution in [3.05, 3.63) is 35.8 Å². The van der Waals surface area contributed by atoms with Crippen LogP contribution >= 0.6 is 0 Å². The molecule has 100 valence electrons. The third-order valence-corrected chi connectivity index (χ3v) is 2.29. The minimum absolute atomic E-state index is 0.0104. The first-order valence-electron chi connectivity index (χ1n) is 5.67. The van der Waals surface area contributed by atoms with Crippen molar-refractivity contribution in [3.8, 4) is 5.69 Å². The van der Waals surface area contributed by atoms with Crippen LogP contribution in [0.4, 0.5) is 10.2 Å². The summed E-state index contributed by atoms with van der Waals surface area (Å²) in [4.78, 5) is 11.7. The summed E-state index contributed by atoms with van der Waals surface area (Å²) < 4.78 is 19.3. The van der Waals surface area contributed by atoms with Gasteiger partial charge in [0.1, 0.15) is 5.82 Å². The first-order valence-corrected chi connectivity index (χ1v) is 5.67. The summed E-state index contributed by atoms with van der Waals surface area (Å²) in [6.45, 7) is 3.43. The second-order valence-corrected chi connectivity index (χ2v) is 4.17. The molecule has 19 heavy (non-hydrogen) atoms. The predicted octanol–water partition coefficient (Wildman–Crippen LogP) is 1.55. The van der Waals surface area contributed by atoms with Crippen LogP contribution in [-0.4, -0.2) is 27.1 Å². The zero-order valence-electron chi connectivity index (χ0n) is 10.5. The highest BCUT2D eigenvalue weighted by Gasteiger charge is 2.20. The Morgan fingerprint density at radius 3 is 2.84 bits per heavy atom. The molecule has 0 aliphatic rings. The lowest BCUT2D eigenvalue weighted by molar-refractivity contribution is 0.0372. The molecule has 0 radical (unpaired) electrons. The van der Waals surface area contributed by atoms with Gasteiger partial charge in [0, 0.05) is 0 Å². The molecular formula is C12H13FN4O2. The van der Waals surface area contributed by atoms with Gasteiger partial charge in [0.2, 0.25) is 5.69 Å². The third kappa shape index (κ3) is 2.70. The molecule has 0 saturated carbocycles. The minimum Gasteiger partial charge on any atom is -0.458 e. The molecule has 1 aromatic heterocycles. The summed E-state index contributed by atoms with van der Waals surface area (Å²) in [5.41, 5.74) is 6.07. The largest absolute Gasteiger partial charge is 0.458 e. The molecule has 2 rings (SSSR count). The Morgan fingerprint density at radius 1 is 1.47 bits per heavy atom. The maximum absolute atomic E-state index is 13.1. The van der Waals surface area contributed by atoms with E-state index in [1.54, 1.807) is 19.9 Å². The number of nitrogens with zero attached hydrogens (tertiary/aromatic N) is 3. The number of benzene rings is 1. The number of nitrogen functional groups attached to an aromatic ring is 1. The van der Waals surface area contributed by atoms with Crippen LogP contribution in [-0.2, 0) is 4.74 Å². The van der Waals surface area contributed by atoms with E-state index in [9.17, 15) is 9.18 Å². The van der Waals surface area contributed by atoms with Gasteiger partial charge in [-0.25, -0.2) is 9.18 Å². The fourth-order valence-electron chi connectivity index (χ4n) is 1.50. The van der Waals surface area contributed by atoms with Gasteiger partial charge in [-0.3, -0.25) is 0 Å². The summed E-state index contributed by atoms with van der Waals surface area (Å²) in [7, 11) is 0. The Hall–Kier alpha value is -2.44. The van der Waals surface area contributed by atoms with Crippen molar-refractivity contribution in [3.63, 3.8) is 0 Å². The van der Waals surface area contributed by atoms with E-state index >= 15 is 0 Å². The average molecular weight is 264 g/mol. The number of rotatable bonds is 3. The van der Waals surface area contributed by atoms with Crippen LogP contribution in [0.1, 0.15) is 24.3 Å². The number of nitrogens with two attached hydrogens (primary N) is 1. The molecule has 0 aliphatic carbocycles. The summed E-state index contributed by atoms with van der Waals surface area (Å²) >= 11 is 0. The standard InChI is InChI=1S/C12H13FN4O2/c1-7(2)19-12(18)10-11(14)17(16-15-10)9-5-3-4-8(13)6-9/h3-7H,14H2,1-2H3. The topological polar surface area (TPSA) is 83.0 Å². The van der Waals surface area contributed by atoms with E-state index in [0.717, 1.165) is 0 Å². The van der Waals surface area contributed by atoms with Crippen molar-refractivity contribution >= 4 is 11.8 Å². The normalized spacial score (nSPS) is 10.7. The molecule has 0 saturated heterocycles. The van der Waals surface area contributed by atoms with Crippen molar-refractivity contribution in [1.82, 2.24) is 15.0 Å². The van der Waals surface area contributed by atoms with E-state index in [2.05, 4.69) is 10.3 Å². The number of esters is 1. The fraction of sp³-hybridized carbons (Fsp3) is 0.250. The van der Waals surface area contributed by atoms with E-state index in [-0.39, 0.29) is 17.6 Å². The molecule has 0 aliphatic heterocycles. The average Bonchev–Trinajstić information content (AvgIpc) is 2.70. The SMILES string of the molecule is CC(C)OC(=O)c1nnn(-c2cccc(F)c2)c1N. The Balaban J connectivity index is 2.35. The van der Waals surface area contributed by atoms with Crippen molar-refractivity contribution in [2.45, 2.75) is 20.0 Å². The first kappa shape index (κ1) is 13.0. The molecule has 6 nitrogen and oxygen atoms in total. The highest BCUT2D eigenvalue weighted by Crippen LogP contribution is 2.16. The van der Waals surface area contributed by atoms with Crippen molar-refractivity contribution in [2.75, 3.05) is 5.73 Å². The van der Waals surface area contributed by atoms with Crippen LogP contribution in [0, 0.1) is 5.82 Å². The lowest BCUT2D eigenvalue weighted by Gasteiger charge is -2.06. The van der Waals surface area contributed by atoms with E-state index in [1.165, 1.54) is 22.9 Å². The first-order chi connectivity index (χ1) is 8.99. The van der Waals surface area contributed by atoms with Gasteiger partial charge in [-0.1, -0.05) is 11.3 Å².